The quantitative estimate of drug-likeness (QED) is 0.0117. The number of phenolic OH excluding ortho intramolecular Hbond substituents is 4. The number of rotatable bonds is 23. The van der Waals surface area contributed by atoms with Gasteiger partial charge in [0.2, 0.25) is 24.6 Å². The third-order valence-corrected chi connectivity index (χ3v) is 15.4. The van der Waals surface area contributed by atoms with Crippen molar-refractivity contribution in [2.75, 3.05) is 40.6 Å². The Hall–Kier alpha value is -8.66. The molecule has 16 N–H and O–H groups in total. The number of fused-ring (bicyclic) bond motifs is 1. The van der Waals surface area contributed by atoms with E-state index in [0.717, 1.165) is 42.5 Å². The molecule has 0 bridgehead atoms. The van der Waals surface area contributed by atoms with Crippen LogP contribution in [0, 0.1) is 0 Å². The fourth-order valence-corrected chi connectivity index (χ4v) is 10.2. The monoisotopic (exact) mass is 1340 g/mol. The summed E-state index contributed by atoms with van der Waals surface area (Å²) in [7, 11) is 2.53. The number of methoxy groups -OCH3 is 2. The molecule has 0 amide bonds. The minimum Gasteiger partial charge on any atom is -0.508 e. The van der Waals surface area contributed by atoms with Crippen LogP contribution < -0.4 is 23.7 Å². The van der Waals surface area contributed by atoms with Crippen molar-refractivity contribution in [2.24, 2.45) is 0 Å². The second-order valence-electron chi connectivity index (χ2n) is 21.9. The third kappa shape index (κ3) is 16.5. The lowest BCUT2D eigenvalue weighted by Gasteiger charge is -2.45. The molecule has 0 spiro atoms. The van der Waals surface area contributed by atoms with Crippen LogP contribution in [0.3, 0.4) is 0 Å². The van der Waals surface area contributed by atoms with Crippen LogP contribution in [0.25, 0.3) is 18.2 Å². The van der Waals surface area contributed by atoms with Crippen molar-refractivity contribution < 1.29 is 167 Å². The number of hydrogen-bond acceptors (Lipinski definition) is 33. The van der Waals surface area contributed by atoms with Crippen LogP contribution in [0.15, 0.2) is 84.6 Å². The second kappa shape index (κ2) is 30.8. The summed E-state index contributed by atoms with van der Waals surface area (Å²) in [6, 6.07) is 13.8. The van der Waals surface area contributed by atoms with Gasteiger partial charge in [0.1, 0.15) is 128 Å². The molecular weight excluding hydrogens is 1280 g/mol. The van der Waals surface area contributed by atoms with Gasteiger partial charge in [-0.1, -0.05) is 18.2 Å². The summed E-state index contributed by atoms with van der Waals surface area (Å²) >= 11 is 0. The number of phenols is 4. The van der Waals surface area contributed by atoms with Crippen LogP contribution in [0.1, 0.15) is 34.8 Å². The average Bonchev–Trinajstić information content (AvgIpc) is 0.766. The molecule has 4 fully saturated rings. The summed E-state index contributed by atoms with van der Waals surface area (Å²) in [5.41, 5.74) is 0.391. The highest BCUT2D eigenvalue weighted by Gasteiger charge is 2.53. The van der Waals surface area contributed by atoms with Gasteiger partial charge in [0.05, 0.1) is 33.0 Å². The van der Waals surface area contributed by atoms with Crippen molar-refractivity contribution >= 4 is 42.1 Å². The van der Waals surface area contributed by atoms with Gasteiger partial charge in [-0.3, -0.25) is 9.59 Å². The van der Waals surface area contributed by atoms with Gasteiger partial charge in [0.25, 0.3) is 0 Å². The zero-order chi connectivity index (χ0) is 68.7. The molecule has 5 aliphatic rings. The van der Waals surface area contributed by atoms with E-state index in [4.69, 9.17) is 71.4 Å². The fourth-order valence-electron chi connectivity index (χ4n) is 10.2. The molecule has 34 heteroatoms. The zero-order valence-corrected chi connectivity index (χ0v) is 49.8. The van der Waals surface area contributed by atoms with Crippen LogP contribution in [0.4, 0.5) is 0 Å². The minimum absolute atomic E-state index is 0.0227. The number of carboxylic acid groups (broad SMARTS) is 1. The number of aliphatic hydroxyl groups is 11. The van der Waals surface area contributed by atoms with Gasteiger partial charge >= 0.3 is 23.9 Å². The number of aliphatic carboxylic acids is 1. The Morgan fingerprint density at radius 2 is 1.17 bits per heavy atom. The van der Waals surface area contributed by atoms with Crippen molar-refractivity contribution in [1.29, 1.82) is 0 Å². The summed E-state index contributed by atoms with van der Waals surface area (Å²) < 4.78 is 80.0. The maximum atomic E-state index is 13.5. The Kier molecular flexibility index (Phi) is 22.9. The molecule has 95 heavy (non-hydrogen) atoms. The van der Waals surface area contributed by atoms with Crippen LogP contribution in [-0.4, -0.2) is 263 Å². The normalized spacial score (nSPS) is 31.4. The lowest BCUT2D eigenvalue weighted by Crippen LogP contribution is -2.63. The number of hydrogen-bond donors (Lipinski definition) is 16. The molecule has 4 aromatic carbocycles. The third-order valence-electron chi connectivity index (χ3n) is 15.4. The fraction of sp³-hybridized carbons (Fsp3) is 0.443. The molecular formula is C61H68O34. The number of carboxylic acids is 1. The minimum atomic E-state index is -2.22. The molecule has 4 saturated heterocycles. The number of aromatic hydroxyl groups is 4. The zero-order valence-electron chi connectivity index (χ0n) is 49.8. The molecule has 0 saturated carbocycles. The van der Waals surface area contributed by atoms with Crippen LogP contribution in [0.5, 0.6) is 51.7 Å². The van der Waals surface area contributed by atoms with Crippen LogP contribution >= 0.6 is 0 Å². The second-order valence-corrected chi connectivity index (χ2v) is 21.9. The predicted molar refractivity (Wildman–Crippen MR) is 309 cm³/mol. The first-order valence-corrected chi connectivity index (χ1v) is 28.8. The van der Waals surface area contributed by atoms with Crippen molar-refractivity contribution in [3.8, 4) is 51.7 Å². The number of ether oxygens (including phenoxy) is 14. The lowest BCUT2D eigenvalue weighted by molar-refractivity contribution is -0.353. The maximum Gasteiger partial charge on any atom is 0.331 e. The van der Waals surface area contributed by atoms with E-state index in [2.05, 4.69) is 0 Å². The van der Waals surface area contributed by atoms with Crippen LogP contribution in [-0.2, 0) is 61.8 Å². The average molecular weight is 1350 g/mol. The Morgan fingerprint density at radius 1 is 0.568 bits per heavy atom. The first kappa shape index (κ1) is 70.7. The topological polar surface area (TPSA) is 521 Å². The molecule has 5 heterocycles. The van der Waals surface area contributed by atoms with E-state index in [-0.39, 0.29) is 45.4 Å². The van der Waals surface area contributed by atoms with E-state index in [1.165, 1.54) is 68.8 Å². The smallest absolute Gasteiger partial charge is 0.331 e. The van der Waals surface area contributed by atoms with Gasteiger partial charge in [-0.25, -0.2) is 9.59 Å². The Morgan fingerprint density at radius 3 is 1.81 bits per heavy atom. The highest BCUT2D eigenvalue weighted by atomic mass is 16.8. The highest BCUT2D eigenvalue weighted by Crippen LogP contribution is 2.47. The van der Waals surface area contributed by atoms with Crippen LogP contribution in [0.2, 0.25) is 0 Å². The number of esters is 3. The molecule has 5 aliphatic heterocycles. The molecule has 34 nitrogen and oxygen atoms in total. The molecule has 516 valence electrons. The largest absolute Gasteiger partial charge is 0.508 e. The van der Waals surface area contributed by atoms with Gasteiger partial charge in [-0.15, -0.1) is 0 Å². The van der Waals surface area contributed by atoms with Gasteiger partial charge in [-0.05, 0) is 65.8 Å². The summed E-state index contributed by atoms with van der Waals surface area (Å²) in [5.74, 6) is -8.37. The van der Waals surface area contributed by atoms with Crippen molar-refractivity contribution in [3.63, 3.8) is 0 Å². The van der Waals surface area contributed by atoms with Crippen molar-refractivity contribution in [3.05, 3.63) is 107 Å². The maximum absolute atomic E-state index is 13.5. The lowest BCUT2D eigenvalue weighted by atomic mass is 9.97. The summed E-state index contributed by atoms with van der Waals surface area (Å²) in [6.07, 6.45) is -32.7. The summed E-state index contributed by atoms with van der Waals surface area (Å²) in [5, 5.41) is 171. The number of aliphatic hydroxyl groups excluding tert-OH is 11. The van der Waals surface area contributed by atoms with Crippen molar-refractivity contribution in [1.82, 2.24) is 0 Å². The van der Waals surface area contributed by atoms with E-state index in [9.17, 15) is 95.8 Å². The highest BCUT2D eigenvalue weighted by molar-refractivity contribution is 5.90. The number of carbonyl (C=O) groups excluding carboxylic acids is 3. The standard InChI is InChI=1S/C61H68O34/c1-82-35-13-25(14-36(83-2)46(35)73)6-12-43(70)94-56-45(72)32(66)21-86-60(56)95-57-52(79)49(76)40(22-84-42(69)11-5-24-3-8-28(9-4-24)87-58-53(80)50(77)47(74)38(20-62)91-58)93-61(57)90-37-18-29-33(88-55(37)26-7-10-30(64)31(65)15-26)16-27(63)17-34(29)89-59-54(81)51(78)48(75)39(92-59)23-85-44(71)19-41(67)68/h3-18,32,38-40,45,47-66,72-81H,19-23H2,1-2H3,(H,67,68). The molecule has 4 aromatic rings. The van der Waals surface area contributed by atoms with E-state index < -0.39 is 208 Å². The molecule has 0 aromatic heterocycles. The molecule has 9 rings (SSSR count). The Labute approximate surface area is 536 Å². The van der Waals surface area contributed by atoms with Gasteiger partial charge < -0.3 is 148 Å². The van der Waals surface area contributed by atoms with Gasteiger partial charge in [0, 0.05) is 29.8 Å². The van der Waals surface area contributed by atoms with E-state index in [1.807, 2.05) is 0 Å². The van der Waals surface area contributed by atoms with Crippen molar-refractivity contribution in [2.45, 2.75) is 129 Å². The molecule has 0 radical (unpaired) electrons. The van der Waals surface area contributed by atoms with E-state index in [1.54, 1.807) is 0 Å². The first-order valence-electron chi connectivity index (χ1n) is 28.8. The molecule has 20 atom stereocenters. The SMILES string of the molecule is COc1cc(C=CC(=O)OC2C(OC3C(OC4=Cc5c(cc(O)cc5OC5OC(COC(=O)CC(=O)O)C(O)C(O)C5O)OC4c4ccc(O)c(O)c4)OC(COC(=O)C=Cc4ccc(OC5OC(CO)C(O)C(O)C5O)cc4)C(O)C3O)OCC(O)C2O)cc(OC)c1O. The Balaban J connectivity index is 1.02. The number of benzene rings is 4. The predicted octanol–water partition coefficient (Wildman–Crippen LogP) is -2.81. The summed E-state index contributed by atoms with van der Waals surface area (Å²) in [6.45, 7) is -3.12. The Bertz CT molecular complexity index is 3420. The molecule has 20 unspecified atom stereocenters. The van der Waals surface area contributed by atoms with E-state index in [0.29, 0.717) is 5.56 Å². The van der Waals surface area contributed by atoms with Gasteiger partial charge in [-0.2, -0.15) is 0 Å². The number of carbonyl (C=O) groups is 4. The summed E-state index contributed by atoms with van der Waals surface area (Å²) in [4.78, 5) is 50.1. The van der Waals surface area contributed by atoms with E-state index >= 15 is 0 Å². The first-order chi connectivity index (χ1) is 45.2. The van der Waals surface area contributed by atoms with Gasteiger partial charge in [0.15, 0.2) is 47.6 Å². The molecule has 0 aliphatic carbocycles.